The molecule has 0 saturated heterocycles. The molecular formula is C18H18FNO. The number of halogens is 1. The molecule has 108 valence electrons. The first-order valence-electron chi connectivity index (χ1n) is 6.77. The third-order valence-electron chi connectivity index (χ3n) is 3.09. The van der Waals surface area contributed by atoms with E-state index in [-0.39, 0.29) is 12.4 Å². The van der Waals surface area contributed by atoms with Gasteiger partial charge >= 0.3 is 0 Å². The molecular weight excluding hydrogens is 265 g/mol. The number of hydrogen-bond acceptors (Lipinski definition) is 2. The van der Waals surface area contributed by atoms with Crippen molar-refractivity contribution in [2.45, 2.75) is 20.5 Å². The summed E-state index contributed by atoms with van der Waals surface area (Å²) in [6, 6.07) is 10.9. The van der Waals surface area contributed by atoms with E-state index in [9.17, 15) is 4.39 Å². The quantitative estimate of drug-likeness (QED) is 0.877. The van der Waals surface area contributed by atoms with Crippen LogP contribution in [0.4, 0.5) is 4.39 Å². The van der Waals surface area contributed by atoms with Gasteiger partial charge in [0, 0.05) is 0 Å². The summed E-state index contributed by atoms with van der Waals surface area (Å²) >= 11 is 0. The van der Waals surface area contributed by atoms with Crippen molar-refractivity contribution in [3.63, 3.8) is 0 Å². The number of benzene rings is 2. The first-order chi connectivity index (χ1) is 10.1. The van der Waals surface area contributed by atoms with Crippen LogP contribution in [-0.4, -0.2) is 6.54 Å². The maximum absolute atomic E-state index is 13.6. The van der Waals surface area contributed by atoms with E-state index in [1.807, 2.05) is 32.0 Å². The third kappa shape index (κ3) is 4.08. The fraction of sp³-hybridized carbons (Fsp3) is 0.222. The van der Waals surface area contributed by atoms with Gasteiger partial charge in [-0.05, 0) is 48.7 Å². The maximum Gasteiger partial charge on any atom is 0.138 e. The van der Waals surface area contributed by atoms with Crippen LogP contribution in [-0.2, 0) is 6.61 Å². The van der Waals surface area contributed by atoms with Crippen molar-refractivity contribution in [2.24, 2.45) is 5.73 Å². The van der Waals surface area contributed by atoms with Crippen LogP contribution in [0, 0.1) is 31.5 Å². The summed E-state index contributed by atoms with van der Waals surface area (Å²) in [6.45, 7) is 4.60. The molecule has 2 rings (SSSR count). The highest BCUT2D eigenvalue weighted by atomic mass is 19.1. The van der Waals surface area contributed by atoms with E-state index in [1.165, 1.54) is 6.07 Å². The molecule has 2 nitrogen and oxygen atoms in total. The Morgan fingerprint density at radius 3 is 2.71 bits per heavy atom. The van der Waals surface area contributed by atoms with Crippen LogP contribution in [0.1, 0.15) is 22.3 Å². The van der Waals surface area contributed by atoms with Gasteiger partial charge in [0.05, 0.1) is 12.1 Å². The predicted molar refractivity (Wildman–Crippen MR) is 82.6 cm³/mol. The maximum atomic E-state index is 13.6. The Morgan fingerprint density at radius 2 is 1.95 bits per heavy atom. The summed E-state index contributed by atoms with van der Waals surface area (Å²) < 4.78 is 19.4. The Bertz CT molecular complexity index is 698. The van der Waals surface area contributed by atoms with Gasteiger partial charge in [0.15, 0.2) is 0 Å². The molecule has 0 bridgehead atoms. The molecule has 2 aromatic carbocycles. The number of ether oxygens (including phenoxy) is 1. The van der Waals surface area contributed by atoms with E-state index < -0.39 is 0 Å². The average molecular weight is 283 g/mol. The number of hydrogen-bond donors (Lipinski definition) is 1. The molecule has 0 aliphatic rings. The van der Waals surface area contributed by atoms with Gasteiger partial charge in [-0.25, -0.2) is 4.39 Å². The minimum atomic E-state index is -0.341. The molecule has 0 aliphatic heterocycles. The molecule has 0 aromatic heterocycles. The first kappa shape index (κ1) is 15.1. The molecule has 0 saturated carbocycles. The standard InChI is InChI=1S/C18H18FNO/c1-13-5-6-14(2)18(10-13)21-12-15-7-8-17(19)16(11-15)4-3-9-20/h5-8,10-11H,9,12,20H2,1-2H3. The molecule has 0 spiro atoms. The molecule has 3 heteroatoms. The lowest BCUT2D eigenvalue weighted by Crippen LogP contribution is -1.99. The zero-order chi connectivity index (χ0) is 15.2. The average Bonchev–Trinajstić information content (AvgIpc) is 2.48. The molecule has 0 unspecified atom stereocenters. The van der Waals surface area contributed by atoms with Gasteiger partial charge in [0.2, 0.25) is 0 Å². The van der Waals surface area contributed by atoms with Crippen LogP contribution in [0.25, 0.3) is 0 Å². The van der Waals surface area contributed by atoms with Crippen molar-refractivity contribution in [1.82, 2.24) is 0 Å². The summed E-state index contributed by atoms with van der Waals surface area (Å²) in [5, 5.41) is 0. The minimum Gasteiger partial charge on any atom is -0.489 e. The molecule has 0 heterocycles. The summed E-state index contributed by atoms with van der Waals surface area (Å²) in [7, 11) is 0. The zero-order valence-electron chi connectivity index (χ0n) is 12.2. The normalized spacial score (nSPS) is 9.90. The number of rotatable bonds is 3. The lowest BCUT2D eigenvalue weighted by molar-refractivity contribution is 0.303. The summed E-state index contributed by atoms with van der Waals surface area (Å²) in [4.78, 5) is 0. The zero-order valence-corrected chi connectivity index (χ0v) is 12.2. The van der Waals surface area contributed by atoms with Gasteiger partial charge in [0.1, 0.15) is 18.2 Å². The van der Waals surface area contributed by atoms with Crippen molar-refractivity contribution in [3.8, 4) is 17.6 Å². The van der Waals surface area contributed by atoms with E-state index in [1.54, 1.807) is 12.1 Å². The Kier molecular flexibility index (Phi) is 4.97. The molecule has 0 radical (unpaired) electrons. The van der Waals surface area contributed by atoms with Crippen LogP contribution in [0.2, 0.25) is 0 Å². The van der Waals surface area contributed by atoms with Crippen LogP contribution < -0.4 is 10.5 Å². The van der Waals surface area contributed by atoms with E-state index in [4.69, 9.17) is 10.5 Å². The molecule has 0 aliphatic carbocycles. The van der Waals surface area contributed by atoms with Crippen LogP contribution >= 0.6 is 0 Å². The molecule has 2 N–H and O–H groups in total. The highest BCUT2D eigenvalue weighted by molar-refractivity contribution is 5.39. The number of aryl methyl sites for hydroxylation is 2. The molecule has 0 amide bonds. The van der Waals surface area contributed by atoms with Gasteiger partial charge < -0.3 is 10.5 Å². The third-order valence-corrected chi connectivity index (χ3v) is 3.09. The summed E-state index contributed by atoms with van der Waals surface area (Å²) in [5.41, 5.74) is 8.75. The van der Waals surface area contributed by atoms with E-state index >= 15 is 0 Å². The van der Waals surface area contributed by atoms with Crippen molar-refractivity contribution < 1.29 is 9.13 Å². The van der Waals surface area contributed by atoms with E-state index in [0.29, 0.717) is 12.2 Å². The second-order valence-electron chi connectivity index (χ2n) is 4.88. The Hall–Kier alpha value is -2.31. The Morgan fingerprint density at radius 1 is 1.14 bits per heavy atom. The number of nitrogens with two attached hydrogens (primary N) is 1. The van der Waals surface area contributed by atoms with Crippen LogP contribution in [0.15, 0.2) is 36.4 Å². The van der Waals surface area contributed by atoms with Gasteiger partial charge in [-0.2, -0.15) is 0 Å². The Labute approximate surface area is 124 Å². The fourth-order valence-corrected chi connectivity index (χ4v) is 1.93. The van der Waals surface area contributed by atoms with E-state index in [0.717, 1.165) is 22.4 Å². The van der Waals surface area contributed by atoms with Gasteiger partial charge in [0.25, 0.3) is 0 Å². The van der Waals surface area contributed by atoms with Crippen molar-refractivity contribution >= 4 is 0 Å². The van der Waals surface area contributed by atoms with E-state index in [2.05, 4.69) is 11.8 Å². The second-order valence-corrected chi connectivity index (χ2v) is 4.88. The lowest BCUT2D eigenvalue weighted by atomic mass is 10.1. The molecule has 0 atom stereocenters. The predicted octanol–water partition coefficient (Wildman–Crippen LogP) is 3.33. The summed E-state index contributed by atoms with van der Waals surface area (Å²) in [6.07, 6.45) is 0. The summed E-state index contributed by atoms with van der Waals surface area (Å²) in [5.74, 6) is 5.89. The Balaban J connectivity index is 2.15. The fourth-order valence-electron chi connectivity index (χ4n) is 1.93. The highest BCUT2D eigenvalue weighted by Crippen LogP contribution is 2.21. The van der Waals surface area contributed by atoms with Gasteiger partial charge in [-0.1, -0.05) is 30.0 Å². The van der Waals surface area contributed by atoms with Gasteiger partial charge in [-0.15, -0.1) is 0 Å². The first-order valence-corrected chi connectivity index (χ1v) is 6.77. The second kappa shape index (κ2) is 6.92. The smallest absolute Gasteiger partial charge is 0.138 e. The van der Waals surface area contributed by atoms with Crippen molar-refractivity contribution in [2.75, 3.05) is 6.54 Å². The monoisotopic (exact) mass is 283 g/mol. The highest BCUT2D eigenvalue weighted by Gasteiger charge is 2.04. The van der Waals surface area contributed by atoms with Crippen LogP contribution in [0.5, 0.6) is 5.75 Å². The SMILES string of the molecule is Cc1ccc(C)c(OCc2ccc(F)c(C#CCN)c2)c1. The lowest BCUT2D eigenvalue weighted by Gasteiger charge is -2.10. The molecule has 21 heavy (non-hydrogen) atoms. The van der Waals surface area contributed by atoms with Crippen molar-refractivity contribution in [1.29, 1.82) is 0 Å². The van der Waals surface area contributed by atoms with Crippen LogP contribution in [0.3, 0.4) is 0 Å². The van der Waals surface area contributed by atoms with Gasteiger partial charge in [-0.3, -0.25) is 0 Å². The molecule has 0 fully saturated rings. The van der Waals surface area contributed by atoms with Crippen molar-refractivity contribution in [3.05, 3.63) is 64.5 Å². The molecule has 2 aromatic rings. The largest absolute Gasteiger partial charge is 0.489 e. The topological polar surface area (TPSA) is 35.2 Å². The minimum absolute atomic E-state index is 0.211.